The van der Waals surface area contributed by atoms with Crippen LogP contribution in [0.3, 0.4) is 0 Å². The maximum atomic E-state index is 12.2. The molecule has 1 aliphatic rings. The minimum Gasteiger partial charge on any atom is -0.352 e. The third-order valence-electron chi connectivity index (χ3n) is 5.88. The number of benzene rings is 2. The second-order valence-corrected chi connectivity index (χ2v) is 8.98. The molecule has 0 saturated carbocycles. The number of likely N-dealkylation sites (N-methyl/N-ethyl adjacent to an activating group) is 1. The van der Waals surface area contributed by atoms with E-state index in [2.05, 4.69) is 56.6 Å². The summed E-state index contributed by atoms with van der Waals surface area (Å²) in [5.41, 5.74) is 3.27. The molecule has 1 fully saturated rings. The smallest absolute Gasteiger partial charge is 0.226 e. The molecule has 1 amide bonds. The number of amides is 1. The lowest BCUT2D eigenvalue weighted by Gasteiger charge is -2.32. The summed E-state index contributed by atoms with van der Waals surface area (Å²) in [5, 5.41) is 7.66. The van der Waals surface area contributed by atoms with E-state index in [0.29, 0.717) is 42.5 Å². The number of carbonyl (C=O) groups is 1. The van der Waals surface area contributed by atoms with Crippen molar-refractivity contribution < 1.29 is 9.32 Å². The van der Waals surface area contributed by atoms with Gasteiger partial charge in [0, 0.05) is 62.7 Å². The normalized spacial score (nSPS) is 15.0. The lowest BCUT2D eigenvalue weighted by Crippen LogP contribution is -2.43. The molecule has 1 saturated heterocycles. The first kappa shape index (κ1) is 23.4. The second kappa shape index (κ2) is 11.4. The molecule has 33 heavy (non-hydrogen) atoms. The van der Waals surface area contributed by atoms with E-state index in [0.717, 1.165) is 43.9 Å². The van der Waals surface area contributed by atoms with Crippen molar-refractivity contribution in [3.05, 3.63) is 70.6 Å². The predicted octanol–water partition coefficient (Wildman–Crippen LogP) is 3.78. The van der Waals surface area contributed by atoms with Gasteiger partial charge < -0.3 is 14.7 Å². The molecule has 1 aromatic heterocycles. The van der Waals surface area contributed by atoms with Crippen molar-refractivity contribution in [2.45, 2.75) is 32.4 Å². The van der Waals surface area contributed by atoms with Gasteiger partial charge in [-0.1, -0.05) is 41.0 Å². The van der Waals surface area contributed by atoms with Crippen LogP contribution in [0.15, 0.2) is 53.1 Å². The number of rotatable bonds is 9. The van der Waals surface area contributed by atoms with Crippen molar-refractivity contribution in [3.8, 4) is 11.4 Å². The van der Waals surface area contributed by atoms with Crippen LogP contribution in [0.5, 0.6) is 0 Å². The van der Waals surface area contributed by atoms with Gasteiger partial charge in [-0.05, 0) is 48.9 Å². The molecule has 2 heterocycles. The SMILES string of the molecule is CN1CCN(Cc2ccc(CNC(=O)CCCc3nc(-c4ccc(Cl)cc4)no3)cc2)CC1. The van der Waals surface area contributed by atoms with Gasteiger partial charge in [0.05, 0.1) is 0 Å². The Morgan fingerprint density at radius 2 is 1.73 bits per heavy atom. The van der Waals surface area contributed by atoms with Crippen LogP contribution in [0.1, 0.15) is 29.9 Å². The molecule has 2 aromatic carbocycles. The maximum Gasteiger partial charge on any atom is 0.226 e. The van der Waals surface area contributed by atoms with Crippen LogP contribution in [0.4, 0.5) is 0 Å². The topological polar surface area (TPSA) is 74.5 Å². The van der Waals surface area contributed by atoms with Gasteiger partial charge in [-0.15, -0.1) is 0 Å². The molecule has 1 N–H and O–H groups in total. The first-order valence-electron chi connectivity index (χ1n) is 11.4. The molecule has 174 valence electrons. The van der Waals surface area contributed by atoms with E-state index in [-0.39, 0.29) is 5.91 Å². The zero-order chi connectivity index (χ0) is 23.0. The van der Waals surface area contributed by atoms with Gasteiger partial charge in [0.25, 0.3) is 0 Å². The standard InChI is InChI=1S/C25H30ClN5O2/c1-30-13-15-31(16-14-30)18-20-7-5-19(6-8-20)17-27-23(32)3-2-4-24-28-25(29-33-24)21-9-11-22(26)12-10-21/h5-12H,2-4,13-18H2,1H3,(H,27,32). The van der Waals surface area contributed by atoms with Crippen LogP contribution in [0.2, 0.25) is 5.02 Å². The molecular formula is C25H30ClN5O2. The molecule has 8 heteroatoms. The Balaban J connectivity index is 1.15. The van der Waals surface area contributed by atoms with E-state index in [1.54, 1.807) is 12.1 Å². The Kier molecular flexibility index (Phi) is 8.10. The number of halogens is 1. The highest BCUT2D eigenvalue weighted by atomic mass is 35.5. The highest BCUT2D eigenvalue weighted by molar-refractivity contribution is 6.30. The van der Waals surface area contributed by atoms with Crippen LogP contribution in [-0.2, 0) is 24.3 Å². The van der Waals surface area contributed by atoms with Crippen molar-refractivity contribution in [2.24, 2.45) is 0 Å². The Bertz CT molecular complexity index is 1030. The van der Waals surface area contributed by atoms with Gasteiger partial charge in [0.1, 0.15) is 0 Å². The summed E-state index contributed by atoms with van der Waals surface area (Å²) in [6.45, 7) is 5.99. The Morgan fingerprint density at radius 1 is 1.03 bits per heavy atom. The Hall–Kier alpha value is -2.74. The van der Waals surface area contributed by atoms with Gasteiger partial charge in [-0.2, -0.15) is 4.98 Å². The average molecular weight is 468 g/mol. The summed E-state index contributed by atoms with van der Waals surface area (Å²) in [5.74, 6) is 1.08. The number of carbonyl (C=O) groups excluding carboxylic acids is 1. The lowest BCUT2D eigenvalue weighted by atomic mass is 10.1. The fraction of sp³-hybridized carbons (Fsp3) is 0.400. The van der Waals surface area contributed by atoms with Gasteiger partial charge >= 0.3 is 0 Å². The van der Waals surface area contributed by atoms with Crippen LogP contribution >= 0.6 is 11.6 Å². The third kappa shape index (κ3) is 7.12. The van der Waals surface area contributed by atoms with E-state index in [4.69, 9.17) is 16.1 Å². The van der Waals surface area contributed by atoms with E-state index < -0.39 is 0 Å². The van der Waals surface area contributed by atoms with Crippen molar-refractivity contribution in [1.29, 1.82) is 0 Å². The summed E-state index contributed by atoms with van der Waals surface area (Å²) in [6.07, 6.45) is 1.63. The number of piperazine rings is 1. The molecule has 0 atom stereocenters. The zero-order valence-corrected chi connectivity index (χ0v) is 19.7. The van der Waals surface area contributed by atoms with E-state index in [9.17, 15) is 4.79 Å². The summed E-state index contributed by atoms with van der Waals surface area (Å²) in [6, 6.07) is 15.8. The fourth-order valence-corrected chi connectivity index (χ4v) is 3.91. The minimum absolute atomic E-state index is 0.0222. The zero-order valence-electron chi connectivity index (χ0n) is 19.0. The third-order valence-corrected chi connectivity index (χ3v) is 6.13. The number of aromatic nitrogens is 2. The Labute approximate surface area is 199 Å². The Morgan fingerprint density at radius 3 is 2.45 bits per heavy atom. The predicted molar refractivity (Wildman–Crippen MR) is 129 cm³/mol. The molecule has 3 aromatic rings. The lowest BCUT2D eigenvalue weighted by molar-refractivity contribution is -0.121. The highest BCUT2D eigenvalue weighted by Gasteiger charge is 2.14. The minimum atomic E-state index is 0.0222. The van der Waals surface area contributed by atoms with Crippen molar-refractivity contribution in [2.75, 3.05) is 33.2 Å². The average Bonchev–Trinajstić information content (AvgIpc) is 3.29. The molecule has 1 aliphatic heterocycles. The largest absolute Gasteiger partial charge is 0.352 e. The molecule has 0 bridgehead atoms. The monoisotopic (exact) mass is 467 g/mol. The number of hydrogen-bond acceptors (Lipinski definition) is 6. The maximum absolute atomic E-state index is 12.2. The van der Waals surface area contributed by atoms with Gasteiger partial charge in [-0.3, -0.25) is 9.69 Å². The number of nitrogens with one attached hydrogen (secondary N) is 1. The number of nitrogens with zero attached hydrogens (tertiary/aromatic N) is 4. The molecule has 0 radical (unpaired) electrons. The number of hydrogen-bond donors (Lipinski definition) is 1. The van der Waals surface area contributed by atoms with Crippen LogP contribution in [-0.4, -0.2) is 59.1 Å². The van der Waals surface area contributed by atoms with Gasteiger partial charge in [-0.25, -0.2) is 0 Å². The molecule has 7 nitrogen and oxygen atoms in total. The highest BCUT2D eigenvalue weighted by Crippen LogP contribution is 2.19. The molecule has 0 unspecified atom stereocenters. The first-order chi connectivity index (χ1) is 16.0. The molecule has 0 aliphatic carbocycles. The van der Waals surface area contributed by atoms with E-state index in [1.807, 2.05) is 12.1 Å². The first-order valence-corrected chi connectivity index (χ1v) is 11.8. The summed E-state index contributed by atoms with van der Waals surface area (Å²) in [7, 11) is 2.17. The van der Waals surface area contributed by atoms with Crippen LogP contribution in [0.25, 0.3) is 11.4 Å². The van der Waals surface area contributed by atoms with Gasteiger partial charge in [0.2, 0.25) is 17.6 Å². The van der Waals surface area contributed by atoms with Crippen LogP contribution in [0, 0.1) is 0 Å². The summed E-state index contributed by atoms with van der Waals surface area (Å²) in [4.78, 5) is 21.5. The fourth-order valence-electron chi connectivity index (χ4n) is 3.79. The van der Waals surface area contributed by atoms with Crippen LogP contribution < -0.4 is 5.32 Å². The van der Waals surface area contributed by atoms with E-state index >= 15 is 0 Å². The quantitative estimate of drug-likeness (QED) is 0.516. The van der Waals surface area contributed by atoms with Gasteiger partial charge in [0.15, 0.2) is 0 Å². The summed E-state index contributed by atoms with van der Waals surface area (Å²) < 4.78 is 5.30. The number of aryl methyl sites for hydroxylation is 1. The molecule has 4 rings (SSSR count). The second-order valence-electron chi connectivity index (χ2n) is 8.54. The molecular weight excluding hydrogens is 438 g/mol. The van der Waals surface area contributed by atoms with E-state index in [1.165, 1.54) is 5.56 Å². The van der Waals surface area contributed by atoms with Crippen molar-refractivity contribution >= 4 is 17.5 Å². The van der Waals surface area contributed by atoms with Crippen molar-refractivity contribution in [3.63, 3.8) is 0 Å². The molecule has 0 spiro atoms. The van der Waals surface area contributed by atoms with Crippen molar-refractivity contribution in [1.82, 2.24) is 25.3 Å². The summed E-state index contributed by atoms with van der Waals surface area (Å²) >= 11 is 5.91.